The summed E-state index contributed by atoms with van der Waals surface area (Å²) in [5.41, 5.74) is 2.73. The van der Waals surface area contributed by atoms with Crippen LogP contribution in [0.15, 0.2) is 41.2 Å². The average molecular weight is 400 g/mol. The van der Waals surface area contributed by atoms with Gasteiger partial charge in [-0.05, 0) is 56.0 Å². The van der Waals surface area contributed by atoms with E-state index in [0.717, 1.165) is 35.3 Å². The lowest BCUT2D eigenvalue weighted by Gasteiger charge is -2.13. The minimum Gasteiger partial charge on any atom is -0.388 e. The van der Waals surface area contributed by atoms with E-state index in [1.807, 2.05) is 26.0 Å². The number of aliphatic hydroxyl groups is 1. The van der Waals surface area contributed by atoms with E-state index in [1.54, 1.807) is 0 Å². The highest BCUT2D eigenvalue weighted by Gasteiger charge is 2.12. The molecule has 0 bridgehead atoms. The van der Waals surface area contributed by atoms with E-state index >= 15 is 0 Å². The molecule has 0 spiro atoms. The molecule has 29 heavy (non-hydrogen) atoms. The maximum absolute atomic E-state index is 13.3. The number of halogens is 2. The number of anilines is 2. The summed E-state index contributed by atoms with van der Waals surface area (Å²) in [6.07, 6.45) is 0.0470. The molecule has 3 aromatic rings. The van der Waals surface area contributed by atoms with Gasteiger partial charge in [0.05, 0.1) is 17.5 Å². The summed E-state index contributed by atoms with van der Waals surface area (Å²) in [7, 11) is 0. The van der Waals surface area contributed by atoms with Gasteiger partial charge in [-0.2, -0.15) is 0 Å². The Kier molecular flexibility index (Phi) is 6.33. The third kappa shape index (κ3) is 5.45. The normalized spacial score (nSPS) is 12.0. The van der Waals surface area contributed by atoms with E-state index in [2.05, 4.69) is 20.3 Å². The fraction of sp³-hybridized carbons (Fsp3) is 0.286. The van der Waals surface area contributed by atoms with Crippen molar-refractivity contribution in [3.63, 3.8) is 0 Å². The van der Waals surface area contributed by atoms with Crippen LogP contribution in [-0.2, 0) is 12.8 Å². The minimum absolute atomic E-state index is 0.143. The standard InChI is InChI=1S/C21H22F2N4O2/c1-3-17-18(6-4-12(2)24-17)26-21-25-16(11-20(29)27-21)5-7-19(28)13-8-14(22)10-15(23)9-13/h4,6,8-11,19,28H,3,5,7H2,1-2H3,(H2,25,26,27,29). The van der Waals surface area contributed by atoms with Crippen LogP contribution in [0.5, 0.6) is 0 Å². The maximum Gasteiger partial charge on any atom is 0.252 e. The summed E-state index contributed by atoms with van der Waals surface area (Å²) in [6, 6.07) is 7.98. The Morgan fingerprint density at radius 3 is 2.55 bits per heavy atom. The fourth-order valence-corrected chi connectivity index (χ4v) is 3.04. The second kappa shape index (κ2) is 8.91. The molecule has 152 valence electrons. The molecule has 0 radical (unpaired) electrons. The highest BCUT2D eigenvalue weighted by Crippen LogP contribution is 2.22. The lowest BCUT2D eigenvalue weighted by molar-refractivity contribution is 0.166. The molecule has 6 nitrogen and oxygen atoms in total. The smallest absolute Gasteiger partial charge is 0.252 e. The highest BCUT2D eigenvalue weighted by molar-refractivity contribution is 5.56. The Bertz CT molecular complexity index is 1050. The number of aliphatic hydroxyl groups excluding tert-OH is 1. The van der Waals surface area contributed by atoms with Gasteiger partial charge in [0, 0.05) is 23.5 Å². The zero-order valence-electron chi connectivity index (χ0n) is 16.2. The van der Waals surface area contributed by atoms with Gasteiger partial charge in [0.15, 0.2) is 0 Å². The van der Waals surface area contributed by atoms with Gasteiger partial charge >= 0.3 is 0 Å². The second-order valence-electron chi connectivity index (χ2n) is 6.77. The predicted octanol–water partition coefficient (Wildman–Crippen LogP) is 3.72. The highest BCUT2D eigenvalue weighted by atomic mass is 19.1. The first-order valence-electron chi connectivity index (χ1n) is 9.32. The Hall–Kier alpha value is -3.13. The van der Waals surface area contributed by atoms with Crippen LogP contribution in [-0.4, -0.2) is 20.1 Å². The largest absolute Gasteiger partial charge is 0.388 e. The number of aromatic nitrogens is 3. The number of aryl methyl sites for hydroxylation is 3. The lowest BCUT2D eigenvalue weighted by atomic mass is 10.0. The van der Waals surface area contributed by atoms with Gasteiger partial charge in [-0.1, -0.05) is 6.92 Å². The van der Waals surface area contributed by atoms with Gasteiger partial charge in [0.1, 0.15) is 11.6 Å². The van der Waals surface area contributed by atoms with Gasteiger partial charge < -0.3 is 10.4 Å². The summed E-state index contributed by atoms with van der Waals surface area (Å²) in [4.78, 5) is 23.5. The van der Waals surface area contributed by atoms with E-state index in [-0.39, 0.29) is 29.9 Å². The summed E-state index contributed by atoms with van der Waals surface area (Å²) in [6.45, 7) is 3.88. The van der Waals surface area contributed by atoms with Crippen molar-refractivity contribution in [3.8, 4) is 0 Å². The SMILES string of the molecule is CCc1nc(C)ccc1Nc1nc(CCC(O)c2cc(F)cc(F)c2)cc(=O)[nH]1. The number of pyridine rings is 1. The first kappa shape index (κ1) is 20.6. The fourth-order valence-electron chi connectivity index (χ4n) is 3.04. The zero-order valence-corrected chi connectivity index (χ0v) is 16.2. The molecule has 0 aliphatic carbocycles. The Morgan fingerprint density at radius 1 is 1.14 bits per heavy atom. The maximum atomic E-state index is 13.3. The number of hydrogen-bond donors (Lipinski definition) is 3. The predicted molar refractivity (Wildman–Crippen MR) is 106 cm³/mol. The monoisotopic (exact) mass is 400 g/mol. The van der Waals surface area contributed by atoms with Crippen LogP contribution >= 0.6 is 0 Å². The molecule has 0 saturated carbocycles. The van der Waals surface area contributed by atoms with Crippen LogP contribution in [0, 0.1) is 18.6 Å². The van der Waals surface area contributed by atoms with Crippen LogP contribution in [0.25, 0.3) is 0 Å². The molecule has 1 atom stereocenters. The number of rotatable bonds is 7. The van der Waals surface area contributed by atoms with Crippen LogP contribution in [0.1, 0.15) is 42.1 Å². The summed E-state index contributed by atoms with van der Waals surface area (Å²) in [5.74, 6) is -1.24. The van der Waals surface area contributed by atoms with E-state index in [0.29, 0.717) is 12.1 Å². The van der Waals surface area contributed by atoms with Crippen LogP contribution in [0.3, 0.4) is 0 Å². The van der Waals surface area contributed by atoms with Crippen LogP contribution in [0.4, 0.5) is 20.4 Å². The van der Waals surface area contributed by atoms with E-state index in [1.165, 1.54) is 6.07 Å². The van der Waals surface area contributed by atoms with Gasteiger partial charge in [-0.25, -0.2) is 13.8 Å². The van der Waals surface area contributed by atoms with Crippen molar-refractivity contribution in [2.24, 2.45) is 0 Å². The molecule has 0 fully saturated rings. The Balaban J connectivity index is 1.74. The molecule has 3 rings (SSSR count). The van der Waals surface area contributed by atoms with Crippen molar-refractivity contribution < 1.29 is 13.9 Å². The van der Waals surface area contributed by atoms with E-state index < -0.39 is 17.7 Å². The third-order valence-corrected chi connectivity index (χ3v) is 4.44. The van der Waals surface area contributed by atoms with Gasteiger partial charge in [0.25, 0.3) is 5.56 Å². The summed E-state index contributed by atoms with van der Waals surface area (Å²) >= 11 is 0. The number of benzene rings is 1. The topological polar surface area (TPSA) is 90.9 Å². The molecule has 0 amide bonds. The lowest BCUT2D eigenvalue weighted by Crippen LogP contribution is -2.13. The Labute approximate surface area is 166 Å². The average Bonchev–Trinajstić information content (AvgIpc) is 2.66. The van der Waals surface area contributed by atoms with Crippen molar-refractivity contribution in [3.05, 3.63) is 81.0 Å². The summed E-state index contributed by atoms with van der Waals surface area (Å²) < 4.78 is 26.7. The first-order chi connectivity index (χ1) is 13.8. The van der Waals surface area contributed by atoms with Crippen molar-refractivity contribution in [1.29, 1.82) is 0 Å². The zero-order chi connectivity index (χ0) is 21.0. The molecular formula is C21H22F2N4O2. The molecule has 2 heterocycles. The van der Waals surface area contributed by atoms with Crippen LogP contribution < -0.4 is 10.9 Å². The molecule has 1 aromatic carbocycles. The van der Waals surface area contributed by atoms with Crippen molar-refractivity contribution in [2.45, 2.75) is 39.2 Å². The molecule has 2 aromatic heterocycles. The number of nitrogens with zero attached hydrogens (tertiary/aromatic N) is 2. The quantitative estimate of drug-likeness (QED) is 0.562. The minimum atomic E-state index is -1.08. The van der Waals surface area contributed by atoms with E-state index in [9.17, 15) is 18.7 Å². The molecule has 8 heteroatoms. The van der Waals surface area contributed by atoms with Crippen LogP contribution in [0.2, 0.25) is 0 Å². The van der Waals surface area contributed by atoms with Crippen molar-refractivity contribution in [2.75, 3.05) is 5.32 Å². The molecule has 3 N–H and O–H groups in total. The second-order valence-corrected chi connectivity index (χ2v) is 6.77. The molecule has 0 aliphatic rings. The molecular weight excluding hydrogens is 378 g/mol. The molecule has 0 saturated heterocycles. The van der Waals surface area contributed by atoms with Gasteiger partial charge in [0.2, 0.25) is 5.95 Å². The summed E-state index contributed by atoms with van der Waals surface area (Å²) in [5, 5.41) is 13.3. The van der Waals surface area contributed by atoms with Crippen molar-refractivity contribution >= 4 is 11.6 Å². The number of aromatic amines is 1. The third-order valence-electron chi connectivity index (χ3n) is 4.44. The number of hydrogen-bond acceptors (Lipinski definition) is 5. The number of H-pyrrole nitrogens is 1. The van der Waals surface area contributed by atoms with Gasteiger partial charge in [-0.3, -0.25) is 14.8 Å². The Morgan fingerprint density at radius 2 is 1.86 bits per heavy atom. The number of nitrogens with one attached hydrogen (secondary N) is 2. The van der Waals surface area contributed by atoms with E-state index in [4.69, 9.17) is 0 Å². The first-order valence-corrected chi connectivity index (χ1v) is 9.32. The molecule has 1 unspecified atom stereocenters. The van der Waals surface area contributed by atoms with Crippen molar-refractivity contribution in [1.82, 2.24) is 15.0 Å². The van der Waals surface area contributed by atoms with Gasteiger partial charge in [-0.15, -0.1) is 0 Å². The molecule has 0 aliphatic heterocycles.